The van der Waals surface area contributed by atoms with Gasteiger partial charge in [0.05, 0.1) is 11.7 Å². The maximum atomic E-state index is 13.7. The molecular weight excluding hydrogens is 221 g/mol. The van der Waals surface area contributed by atoms with Gasteiger partial charge in [-0.15, -0.1) is 0 Å². The summed E-state index contributed by atoms with van der Waals surface area (Å²) in [6.45, 7) is 1.15. The van der Waals surface area contributed by atoms with Gasteiger partial charge in [-0.05, 0) is 25.5 Å². The third-order valence-electron chi connectivity index (χ3n) is 3.17. The highest BCUT2D eigenvalue weighted by Crippen LogP contribution is 2.22. The van der Waals surface area contributed by atoms with E-state index >= 15 is 0 Å². The summed E-state index contributed by atoms with van der Waals surface area (Å²) in [5.41, 5.74) is 11.5. The lowest BCUT2D eigenvalue weighted by Crippen LogP contribution is -2.39. The van der Waals surface area contributed by atoms with Crippen LogP contribution in [-0.4, -0.2) is 23.4 Å². The highest BCUT2D eigenvalue weighted by Gasteiger charge is 2.29. The van der Waals surface area contributed by atoms with Crippen LogP contribution < -0.4 is 11.5 Å². The number of anilines is 1. The van der Waals surface area contributed by atoms with Gasteiger partial charge in [-0.1, -0.05) is 12.1 Å². The van der Waals surface area contributed by atoms with Gasteiger partial charge >= 0.3 is 0 Å². The van der Waals surface area contributed by atoms with Gasteiger partial charge in [0, 0.05) is 12.1 Å². The van der Waals surface area contributed by atoms with Crippen molar-refractivity contribution in [1.29, 1.82) is 0 Å². The van der Waals surface area contributed by atoms with Gasteiger partial charge in [0.25, 0.3) is 0 Å². The Labute approximate surface area is 99.4 Å². The molecule has 1 aliphatic rings. The first-order chi connectivity index (χ1) is 8.09. The van der Waals surface area contributed by atoms with Crippen molar-refractivity contribution in [3.63, 3.8) is 0 Å². The summed E-state index contributed by atoms with van der Waals surface area (Å²) in [5, 5.41) is 0. The van der Waals surface area contributed by atoms with E-state index in [1.807, 2.05) is 4.90 Å². The van der Waals surface area contributed by atoms with E-state index in [1.165, 1.54) is 6.07 Å². The van der Waals surface area contributed by atoms with E-state index in [2.05, 4.69) is 0 Å². The van der Waals surface area contributed by atoms with E-state index in [9.17, 15) is 9.18 Å². The molecule has 0 bridgehead atoms. The summed E-state index contributed by atoms with van der Waals surface area (Å²) in [6.07, 6.45) is 1.66. The lowest BCUT2D eigenvalue weighted by atomic mass is 10.1. The number of carbonyl (C=O) groups excluding carboxylic acids is 1. The topological polar surface area (TPSA) is 72.4 Å². The van der Waals surface area contributed by atoms with Crippen molar-refractivity contribution in [3.8, 4) is 0 Å². The van der Waals surface area contributed by atoms with Crippen molar-refractivity contribution in [3.05, 3.63) is 29.6 Å². The Bertz CT molecular complexity index is 436. The number of primary amides is 1. The highest BCUT2D eigenvalue weighted by molar-refractivity contribution is 5.80. The second-order valence-corrected chi connectivity index (χ2v) is 4.35. The molecule has 4 nitrogen and oxygen atoms in total. The number of amides is 1. The molecule has 1 atom stereocenters. The van der Waals surface area contributed by atoms with Gasteiger partial charge < -0.3 is 11.5 Å². The van der Waals surface area contributed by atoms with Crippen molar-refractivity contribution in [2.24, 2.45) is 5.73 Å². The normalized spacial score (nSPS) is 20.6. The lowest BCUT2D eigenvalue weighted by molar-refractivity contribution is -0.122. The van der Waals surface area contributed by atoms with Crippen LogP contribution in [0.5, 0.6) is 0 Å². The van der Waals surface area contributed by atoms with Crippen molar-refractivity contribution < 1.29 is 9.18 Å². The van der Waals surface area contributed by atoms with Crippen LogP contribution in [0.15, 0.2) is 18.2 Å². The van der Waals surface area contributed by atoms with Gasteiger partial charge in [-0.2, -0.15) is 0 Å². The largest absolute Gasteiger partial charge is 0.396 e. The number of benzene rings is 1. The molecule has 92 valence electrons. The summed E-state index contributed by atoms with van der Waals surface area (Å²) in [6, 6.07) is 4.63. The first-order valence-corrected chi connectivity index (χ1v) is 5.66. The van der Waals surface area contributed by atoms with Gasteiger partial charge in [-0.25, -0.2) is 4.39 Å². The van der Waals surface area contributed by atoms with Crippen molar-refractivity contribution >= 4 is 11.6 Å². The number of halogens is 1. The minimum absolute atomic E-state index is 0.136. The summed E-state index contributed by atoms with van der Waals surface area (Å²) in [4.78, 5) is 13.1. The fourth-order valence-corrected chi connectivity index (χ4v) is 2.28. The van der Waals surface area contributed by atoms with Crippen LogP contribution in [0.3, 0.4) is 0 Å². The van der Waals surface area contributed by atoms with Gasteiger partial charge in [0.2, 0.25) is 5.91 Å². The average molecular weight is 237 g/mol. The standard InChI is InChI=1S/C12H16FN3O/c13-11-8(3-1-4-9(11)14)7-16-6-2-5-10(16)12(15)17/h1,3-4,10H,2,5-7,14H2,(H2,15,17). The molecule has 0 aromatic heterocycles. The van der Waals surface area contributed by atoms with E-state index in [4.69, 9.17) is 11.5 Å². The molecule has 0 aliphatic carbocycles. The second kappa shape index (κ2) is 4.71. The molecule has 1 unspecified atom stereocenters. The molecule has 1 fully saturated rings. The summed E-state index contributed by atoms with van der Waals surface area (Å²) in [5.74, 6) is -0.741. The Kier molecular flexibility index (Phi) is 3.28. The van der Waals surface area contributed by atoms with Crippen LogP contribution in [-0.2, 0) is 11.3 Å². The maximum Gasteiger partial charge on any atom is 0.234 e. The van der Waals surface area contributed by atoms with Crippen molar-refractivity contribution in [1.82, 2.24) is 4.90 Å². The third-order valence-corrected chi connectivity index (χ3v) is 3.17. The maximum absolute atomic E-state index is 13.7. The van der Waals surface area contributed by atoms with E-state index in [-0.39, 0.29) is 17.6 Å². The van der Waals surface area contributed by atoms with Crippen molar-refractivity contribution in [2.75, 3.05) is 12.3 Å². The first kappa shape index (κ1) is 11.9. The molecule has 2 rings (SSSR count). The smallest absolute Gasteiger partial charge is 0.234 e. The Balaban J connectivity index is 2.15. The third kappa shape index (κ3) is 2.39. The van der Waals surface area contributed by atoms with Crippen LogP contribution in [0, 0.1) is 5.82 Å². The minimum Gasteiger partial charge on any atom is -0.396 e. The Morgan fingerprint density at radius 2 is 2.29 bits per heavy atom. The monoisotopic (exact) mass is 237 g/mol. The molecule has 1 amide bonds. The van der Waals surface area contributed by atoms with Gasteiger partial charge in [-0.3, -0.25) is 9.69 Å². The number of carbonyl (C=O) groups is 1. The van der Waals surface area contributed by atoms with E-state index in [0.29, 0.717) is 12.1 Å². The number of hydrogen-bond donors (Lipinski definition) is 2. The second-order valence-electron chi connectivity index (χ2n) is 4.35. The minimum atomic E-state index is -0.400. The number of nitrogens with two attached hydrogens (primary N) is 2. The number of nitrogen functional groups attached to an aromatic ring is 1. The number of likely N-dealkylation sites (tertiary alicyclic amines) is 1. The van der Waals surface area contributed by atoms with Crippen LogP contribution >= 0.6 is 0 Å². The van der Waals surface area contributed by atoms with Gasteiger partial charge in [0.15, 0.2) is 5.82 Å². The van der Waals surface area contributed by atoms with E-state index in [1.54, 1.807) is 12.1 Å². The summed E-state index contributed by atoms with van der Waals surface area (Å²) in [7, 11) is 0. The fourth-order valence-electron chi connectivity index (χ4n) is 2.28. The van der Waals surface area contributed by atoms with Crippen LogP contribution in [0.4, 0.5) is 10.1 Å². The molecule has 1 saturated heterocycles. The number of hydrogen-bond acceptors (Lipinski definition) is 3. The SMILES string of the molecule is NC(=O)C1CCCN1Cc1cccc(N)c1F. The molecule has 0 spiro atoms. The predicted molar refractivity (Wildman–Crippen MR) is 63.4 cm³/mol. The number of rotatable bonds is 3. The summed E-state index contributed by atoms with van der Waals surface area (Å²) < 4.78 is 13.7. The first-order valence-electron chi connectivity index (χ1n) is 5.66. The number of nitrogens with zero attached hydrogens (tertiary/aromatic N) is 1. The van der Waals surface area contributed by atoms with Crippen LogP contribution in [0.2, 0.25) is 0 Å². The molecule has 0 saturated carbocycles. The summed E-state index contributed by atoms with van der Waals surface area (Å²) >= 11 is 0. The highest BCUT2D eigenvalue weighted by atomic mass is 19.1. The Morgan fingerprint density at radius 1 is 1.53 bits per heavy atom. The van der Waals surface area contributed by atoms with E-state index in [0.717, 1.165) is 19.4 Å². The molecular formula is C12H16FN3O. The molecule has 5 heteroatoms. The van der Waals surface area contributed by atoms with Crippen LogP contribution in [0.1, 0.15) is 18.4 Å². The molecule has 1 aromatic carbocycles. The lowest BCUT2D eigenvalue weighted by Gasteiger charge is -2.22. The molecule has 1 aliphatic heterocycles. The molecule has 1 aromatic rings. The molecule has 17 heavy (non-hydrogen) atoms. The quantitative estimate of drug-likeness (QED) is 0.766. The van der Waals surface area contributed by atoms with Crippen molar-refractivity contribution in [2.45, 2.75) is 25.4 Å². The predicted octanol–water partition coefficient (Wildman–Crippen LogP) is 0.858. The zero-order valence-electron chi connectivity index (χ0n) is 9.53. The fraction of sp³-hybridized carbons (Fsp3) is 0.417. The zero-order valence-corrected chi connectivity index (χ0v) is 9.53. The van der Waals surface area contributed by atoms with Gasteiger partial charge in [0.1, 0.15) is 0 Å². The molecule has 4 N–H and O–H groups in total. The van der Waals surface area contributed by atoms with E-state index < -0.39 is 5.82 Å². The Morgan fingerprint density at radius 3 is 3.00 bits per heavy atom. The van der Waals surface area contributed by atoms with Crippen LogP contribution in [0.25, 0.3) is 0 Å². The molecule has 1 heterocycles. The zero-order chi connectivity index (χ0) is 12.4. The molecule has 0 radical (unpaired) electrons. The average Bonchev–Trinajstić information content (AvgIpc) is 2.73. The Hall–Kier alpha value is -1.62.